The third kappa shape index (κ3) is 3.80. The quantitative estimate of drug-likeness (QED) is 0.735. The van der Waals surface area contributed by atoms with Gasteiger partial charge in [-0.1, -0.05) is 24.3 Å². The molecule has 2 heteroatoms. The Bertz CT molecular complexity index is 398. The van der Waals surface area contributed by atoms with Crippen LogP contribution in [-0.4, -0.2) is 25.7 Å². The molecule has 1 unspecified atom stereocenters. The number of aryl methyl sites for hydroxylation is 1. The molecule has 1 saturated carbocycles. The summed E-state index contributed by atoms with van der Waals surface area (Å²) in [4.78, 5) is 0. The van der Waals surface area contributed by atoms with Gasteiger partial charge in [0.2, 0.25) is 0 Å². The predicted molar refractivity (Wildman–Crippen MR) is 80.6 cm³/mol. The molecule has 2 aliphatic carbocycles. The molecule has 0 amide bonds. The summed E-state index contributed by atoms with van der Waals surface area (Å²) in [5, 5.41) is 7.22. The second-order valence-corrected chi connectivity index (χ2v) is 6.07. The largest absolute Gasteiger partial charge is 0.316 e. The van der Waals surface area contributed by atoms with E-state index in [-0.39, 0.29) is 0 Å². The monoisotopic (exact) mass is 258 g/mol. The molecule has 0 heterocycles. The van der Waals surface area contributed by atoms with Gasteiger partial charge in [0.15, 0.2) is 0 Å². The van der Waals surface area contributed by atoms with Crippen LogP contribution in [0.25, 0.3) is 0 Å². The smallest absolute Gasteiger partial charge is 0.00682 e. The SMILES string of the molecule is c1ccc2c(c1)CCCC2CNCCCNC1CC1. The van der Waals surface area contributed by atoms with E-state index < -0.39 is 0 Å². The highest BCUT2D eigenvalue weighted by Crippen LogP contribution is 2.30. The van der Waals surface area contributed by atoms with Crippen LogP contribution in [0, 0.1) is 0 Å². The van der Waals surface area contributed by atoms with Crippen molar-refractivity contribution in [3.63, 3.8) is 0 Å². The first kappa shape index (κ1) is 13.1. The van der Waals surface area contributed by atoms with Gasteiger partial charge in [0.25, 0.3) is 0 Å². The lowest BCUT2D eigenvalue weighted by atomic mass is 9.83. The number of nitrogens with one attached hydrogen (secondary N) is 2. The molecule has 3 rings (SSSR count). The minimum atomic E-state index is 0.737. The molecule has 0 radical (unpaired) electrons. The summed E-state index contributed by atoms with van der Waals surface area (Å²) in [7, 11) is 0. The van der Waals surface area contributed by atoms with Crippen LogP contribution >= 0.6 is 0 Å². The van der Waals surface area contributed by atoms with E-state index in [1.807, 2.05) is 0 Å². The number of fused-ring (bicyclic) bond motifs is 1. The number of benzene rings is 1. The van der Waals surface area contributed by atoms with E-state index in [4.69, 9.17) is 0 Å². The van der Waals surface area contributed by atoms with Crippen LogP contribution in [0.3, 0.4) is 0 Å². The molecular weight excluding hydrogens is 232 g/mol. The van der Waals surface area contributed by atoms with Crippen molar-refractivity contribution >= 4 is 0 Å². The minimum Gasteiger partial charge on any atom is -0.316 e. The summed E-state index contributed by atoms with van der Waals surface area (Å²) in [6.07, 6.45) is 8.03. The molecule has 1 fully saturated rings. The van der Waals surface area contributed by atoms with Gasteiger partial charge in [0.05, 0.1) is 0 Å². The Morgan fingerprint density at radius 3 is 2.84 bits per heavy atom. The Morgan fingerprint density at radius 1 is 1.05 bits per heavy atom. The van der Waals surface area contributed by atoms with Crippen molar-refractivity contribution in [2.24, 2.45) is 0 Å². The highest BCUT2D eigenvalue weighted by Gasteiger charge is 2.20. The molecule has 0 bridgehead atoms. The van der Waals surface area contributed by atoms with Crippen LogP contribution in [0.4, 0.5) is 0 Å². The van der Waals surface area contributed by atoms with Gasteiger partial charge in [0, 0.05) is 12.6 Å². The van der Waals surface area contributed by atoms with E-state index in [9.17, 15) is 0 Å². The summed E-state index contributed by atoms with van der Waals surface area (Å²) >= 11 is 0. The van der Waals surface area contributed by atoms with Crippen LogP contribution in [0.15, 0.2) is 24.3 Å². The molecule has 0 spiro atoms. The van der Waals surface area contributed by atoms with E-state index in [2.05, 4.69) is 34.9 Å². The Hall–Kier alpha value is -0.860. The van der Waals surface area contributed by atoms with E-state index >= 15 is 0 Å². The van der Waals surface area contributed by atoms with Crippen molar-refractivity contribution in [1.82, 2.24) is 10.6 Å². The van der Waals surface area contributed by atoms with E-state index in [1.54, 1.807) is 11.1 Å². The molecule has 19 heavy (non-hydrogen) atoms. The first-order valence-corrected chi connectivity index (χ1v) is 7.95. The second kappa shape index (κ2) is 6.53. The standard InChI is InChI=1S/C17H26N2/c1-2-8-17-14(5-1)6-3-7-15(17)13-18-11-4-12-19-16-9-10-16/h1-2,5,8,15-16,18-19H,3-4,6-7,9-13H2. The minimum absolute atomic E-state index is 0.737. The maximum Gasteiger partial charge on any atom is 0.00682 e. The van der Waals surface area contributed by atoms with Gasteiger partial charge in [-0.25, -0.2) is 0 Å². The zero-order chi connectivity index (χ0) is 12.9. The van der Waals surface area contributed by atoms with Crippen LogP contribution in [0.1, 0.15) is 49.1 Å². The maximum absolute atomic E-state index is 3.65. The summed E-state index contributed by atoms with van der Waals surface area (Å²) < 4.78 is 0. The van der Waals surface area contributed by atoms with Gasteiger partial charge < -0.3 is 10.6 Å². The molecule has 2 aliphatic rings. The van der Waals surface area contributed by atoms with Gasteiger partial charge in [-0.2, -0.15) is 0 Å². The van der Waals surface area contributed by atoms with Crippen LogP contribution < -0.4 is 10.6 Å². The molecular formula is C17H26N2. The van der Waals surface area contributed by atoms with E-state index in [0.717, 1.165) is 25.0 Å². The van der Waals surface area contributed by atoms with Crippen LogP contribution in [0.2, 0.25) is 0 Å². The van der Waals surface area contributed by atoms with Gasteiger partial charge in [0.1, 0.15) is 0 Å². The van der Waals surface area contributed by atoms with Crippen molar-refractivity contribution in [1.29, 1.82) is 0 Å². The Morgan fingerprint density at radius 2 is 1.95 bits per heavy atom. The van der Waals surface area contributed by atoms with E-state index in [0.29, 0.717) is 0 Å². The predicted octanol–water partition coefficient (Wildman–Crippen LogP) is 2.84. The van der Waals surface area contributed by atoms with Crippen LogP contribution in [0.5, 0.6) is 0 Å². The van der Waals surface area contributed by atoms with Crippen LogP contribution in [-0.2, 0) is 6.42 Å². The number of rotatable bonds is 7. The normalized spacial score (nSPS) is 22.2. The molecule has 0 saturated heterocycles. The maximum atomic E-state index is 3.65. The van der Waals surface area contributed by atoms with Gasteiger partial charge >= 0.3 is 0 Å². The summed E-state index contributed by atoms with van der Waals surface area (Å²) in [6, 6.07) is 9.86. The third-order valence-corrected chi connectivity index (χ3v) is 4.43. The number of hydrogen-bond acceptors (Lipinski definition) is 2. The highest BCUT2D eigenvalue weighted by molar-refractivity contribution is 5.32. The highest BCUT2D eigenvalue weighted by atomic mass is 14.9. The average Bonchev–Trinajstić information content (AvgIpc) is 3.27. The zero-order valence-corrected chi connectivity index (χ0v) is 11.8. The van der Waals surface area contributed by atoms with E-state index in [1.165, 1.54) is 45.1 Å². The van der Waals surface area contributed by atoms with Crippen molar-refractivity contribution in [2.75, 3.05) is 19.6 Å². The topological polar surface area (TPSA) is 24.1 Å². The zero-order valence-electron chi connectivity index (χ0n) is 11.8. The molecule has 1 atom stereocenters. The molecule has 104 valence electrons. The Labute approximate surface area is 117 Å². The molecule has 0 aliphatic heterocycles. The third-order valence-electron chi connectivity index (χ3n) is 4.43. The molecule has 2 N–H and O–H groups in total. The fourth-order valence-corrected chi connectivity index (χ4v) is 3.15. The first-order chi connectivity index (χ1) is 9.43. The Balaban J connectivity index is 1.38. The lowest BCUT2D eigenvalue weighted by Crippen LogP contribution is -2.27. The van der Waals surface area contributed by atoms with Gasteiger partial charge in [-0.15, -0.1) is 0 Å². The van der Waals surface area contributed by atoms with Gasteiger partial charge in [-0.3, -0.25) is 0 Å². The molecule has 0 aromatic heterocycles. The molecule has 1 aromatic carbocycles. The van der Waals surface area contributed by atoms with Gasteiger partial charge in [-0.05, 0) is 68.7 Å². The lowest BCUT2D eigenvalue weighted by Gasteiger charge is -2.25. The Kier molecular flexibility index (Phi) is 4.52. The fourth-order valence-electron chi connectivity index (χ4n) is 3.15. The fraction of sp³-hybridized carbons (Fsp3) is 0.647. The van der Waals surface area contributed by atoms with Crippen molar-refractivity contribution in [2.45, 2.75) is 50.5 Å². The average molecular weight is 258 g/mol. The summed E-state index contributed by atoms with van der Waals surface area (Å²) in [5.74, 6) is 0.737. The summed E-state index contributed by atoms with van der Waals surface area (Å²) in [5.41, 5.74) is 3.17. The first-order valence-electron chi connectivity index (χ1n) is 7.95. The van der Waals surface area contributed by atoms with Crippen molar-refractivity contribution < 1.29 is 0 Å². The second-order valence-electron chi connectivity index (χ2n) is 6.07. The lowest BCUT2D eigenvalue weighted by molar-refractivity contribution is 0.498. The van der Waals surface area contributed by atoms with Crippen molar-refractivity contribution in [3.05, 3.63) is 35.4 Å². The molecule has 2 nitrogen and oxygen atoms in total. The van der Waals surface area contributed by atoms with Crippen molar-refractivity contribution in [3.8, 4) is 0 Å². The molecule has 1 aromatic rings. The summed E-state index contributed by atoms with van der Waals surface area (Å²) in [6.45, 7) is 3.48. The number of hydrogen-bond donors (Lipinski definition) is 2.